The molecule has 9 heteroatoms. The van der Waals surface area contributed by atoms with E-state index in [1.165, 1.54) is 57.8 Å². The molecule has 0 aliphatic carbocycles. The minimum absolute atomic E-state index is 0.211. The number of carbonyl (C=O) groups is 1. The molecule has 0 saturated heterocycles. The van der Waals surface area contributed by atoms with Gasteiger partial charge < -0.3 is 37.9 Å². The van der Waals surface area contributed by atoms with Crippen molar-refractivity contribution in [1.82, 2.24) is 0 Å². The van der Waals surface area contributed by atoms with Crippen LogP contribution in [0.4, 0.5) is 0 Å². The van der Waals surface area contributed by atoms with Gasteiger partial charge in [0, 0.05) is 12.2 Å². The van der Waals surface area contributed by atoms with Crippen molar-refractivity contribution in [3.63, 3.8) is 0 Å². The molecular formula is C30H58O9. The fourth-order valence-electron chi connectivity index (χ4n) is 3.43. The van der Waals surface area contributed by atoms with Crippen molar-refractivity contribution in [2.75, 3.05) is 99.1 Å². The first kappa shape index (κ1) is 37.9. The summed E-state index contributed by atoms with van der Waals surface area (Å²) in [6.45, 7) is 15.1. The van der Waals surface area contributed by atoms with Crippen molar-refractivity contribution >= 4 is 5.97 Å². The van der Waals surface area contributed by atoms with E-state index in [0.29, 0.717) is 91.5 Å². The number of hydrogen-bond donors (Lipinski definition) is 0. The largest absolute Gasteiger partial charge is 0.460 e. The van der Waals surface area contributed by atoms with Gasteiger partial charge in [-0.25, -0.2) is 4.79 Å². The molecule has 0 rings (SSSR count). The Morgan fingerprint density at radius 3 is 1.05 bits per heavy atom. The summed E-state index contributed by atoms with van der Waals surface area (Å²) in [6.07, 6.45) is 13.4. The smallest absolute Gasteiger partial charge is 0.333 e. The van der Waals surface area contributed by atoms with Crippen molar-refractivity contribution < 1.29 is 42.7 Å². The van der Waals surface area contributed by atoms with Crippen molar-refractivity contribution in [2.24, 2.45) is 0 Å². The van der Waals surface area contributed by atoms with Gasteiger partial charge in [-0.05, 0) is 13.3 Å². The van der Waals surface area contributed by atoms with Crippen molar-refractivity contribution in [1.29, 1.82) is 0 Å². The van der Waals surface area contributed by atoms with Gasteiger partial charge in [0.05, 0.1) is 85.9 Å². The molecule has 0 N–H and O–H groups in total. The van der Waals surface area contributed by atoms with E-state index in [4.69, 9.17) is 37.9 Å². The zero-order valence-electron chi connectivity index (χ0n) is 25.1. The molecule has 0 unspecified atom stereocenters. The Bertz CT molecular complexity index is 517. The van der Waals surface area contributed by atoms with E-state index in [0.717, 1.165) is 13.0 Å². The van der Waals surface area contributed by atoms with Crippen LogP contribution >= 0.6 is 0 Å². The quantitative estimate of drug-likeness (QED) is 0.0612. The van der Waals surface area contributed by atoms with Gasteiger partial charge in [-0.1, -0.05) is 71.3 Å². The van der Waals surface area contributed by atoms with Gasteiger partial charge in [0.2, 0.25) is 0 Å². The second kappa shape index (κ2) is 33.1. The number of ether oxygens (including phenoxy) is 8. The Balaban J connectivity index is 3.06. The molecule has 0 aromatic heterocycles. The van der Waals surface area contributed by atoms with E-state index in [1.807, 2.05) is 0 Å². The van der Waals surface area contributed by atoms with Crippen LogP contribution in [0, 0.1) is 0 Å². The summed E-state index contributed by atoms with van der Waals surface area (Å²) in [5.41, 5.74) is 0.379. The van der Waals surface area contributed by atoms with E-state index in [1.54, 1.807) is 6.92 Å². The van der Waals surface area contributed by atoms with Crippen LogP contribution in [0.2, 0.25) is 0 Å². The average Bonchev–Trinajstić information content (AvgIpc) is 2.93. The van der Waals surface area contributed by atoms with E-state index in [-0.39, 0.29) is 6.61 Å². The molecule has 0 fully saturated rings. The fraction of sp³-hybridized carbons (Fsp3) is 0.900. The van der Waals surface area contributed by atoms with Crippen molar-refractivity contribution in [2.45, 2.75) is 78.1 Å². The average molecular weight is 563 g/mol. The van der Waals surface area contributed by atoms with Crippen LogP contribution in [0.25, 0.3) is 0 Å². The molecule has 0 aromatic rings. The highest BCUT2D eigenvalue weighted by Gasteiger charge is 2.02. The summed E-state index contributed by atoms with van der Waals surface area (Å²) >= 11 is 0. The predicted octanol–water partition coefficient (Wildman–Crippen LogP) is 5.14. The number of unbranched alkanes of at least 4 members (excludes halogenated alkanes) is 9. The highest BCUT2D eigenvalue weighted by molar-refractivity contribution is 5.86. The molecule has 0 saturated carbocycles. The highest BCUT2D eigenvalue weighted by Crippen LogP contribution is 2.10. The summed E-state index contributed by atoms with van der Waals surface area (Å²) in [6, 6.07) is 0. The van der Waals surface area contributed by atoms with Crippen molar-refractivity contribution in [3.05, 3.63) is 12.2 Å². The third-order valence-corrected chi connectivity index (χ3v) is 5.68. The van der Waals surface area contributed by atoms with Crippen LogP contribution in [-0.4, -0.2) is 105 Å². The Morgan fingerprint density at radius 2 is 0.718 bits per heavy atom. The maximum absolute atomic E-state index is 11.2. The van der Waals surface area contributed by atoms with E-state index >= 15 is 0 Å². The topological polar surface area (TPSA) is 90.9 Å². The molecule has 9 nitrogen and oxygen atoms in total. The molecule has 0 aliphatic rings. The molecule has 0 heterocycles. The maximum Gasteiger partial charge on any atom is 0.333 e. The van der Waals surface area contributed by atoms with Crippen LogP contribution in [0.1, 0.15) is 78.1 Å². The van der Waals surface area contributed by atoms with E-state index < -0.39 is 5.97 Å². The summed E-state index contributed by atoms with van der Waals surface area (Å²) in [7, 11) is 0. The van der Waals surface area contributed by atoms with E-state index in [2.05, 4.69) is 13.5 Å². The standard InChI is InChI=1S/C30H58O9/c1-4-5-6-7-8-9-10-11-12-13-14-32-15-16-33-17-18-34-19-20-35-21-22-36-23-24-37-25-26-38-27-28-39-30(31)29(2)3/h2,4-28H2,1,3H3. The van der Waals surface area contributed by atoms with Gasteiger partial charge in [0.15, 0.2) is 0 Å². The van der Waals surface area contributed by atoms with Crippen LogP contribution in [-0.2, 0) is 42.7 Å². The van der Waals surface area contributed by atoms with Gasteiger partial charge in [-0.2, -0.15) is 0 Å². The summed E-state index contributed by atoms with van der Waals surface area (Å²) in [4.78, 5) is 11.2. The molecule has 0 atom stereocenters. The molecule has 0 aromatic carbocycles. The Kier molecular flexibility index (Phi) is 32.2. The minimum Gasteiger partial charge on any atom is -0.460 e. The van der Waals surface area contributed by atoms with Crippen LogP contribution in [0.5, 0.6) is 0 Å². The molecular weight excluding hydrogens is 504 g/mol. The lowest BCUT2D eigenvalue weighted by molar-refractivity contribution is -0.140. The third kappa shape index (κ3) is 33.0. The number of carbonyl (C=O) groups excluding carboxylic acids is 1. The van der Waals surface area contributed by atoms with Crippen LogP contribution in [0.15, 0.2) is 12.2 Å². The third-order valence-electron chi connectivity index (χ3n) is 5.68. The lowest BCUT2D eigenvalue weighted by Crippen LogP contribution is -2.15. The monoisotopic (exact) mass is 562 g/mol. The number of esters is 1. The normalized spacial score (nSPS) is 11.2. The van der Waals surface area contributed by atoms with Crippen molar-refractivity contribution in [3.8, 4) is 0 Å². The Hall–Kier alpha value is -1.07. The molecule has 0 aliphatic heterocycles. The SMILES string of the molecule is C=C(C)C(=O)OCCOCCOCCOCCOCCOCCOCCOCCCCCCCCCCCC. The first-order chi connectivity index (χ1) is 19.2. The zero-order chi connectivity index (χ0) is 28.5. The molecule has 0 bridgehead atoms. The van der Waals surface area contributed by atoms with Gasteiger partial charge in [0.1, 0.15) is 6.61 Å². The molecule has 0 amide bonds. The van der Waals surface area contributed by atoms with Gasteiger partial charge >= 0.3 is 5.97 Å². The predicted molar refractivity (Wildman–Crippen MR) is 153 cm³/mol. The lowest BCUT2D eigenvalue weighted by atomic mass is 10.1. The molecule has 0 radical (unpaired) electrons. The second-order valence-electron chi connectivity index (χ2n) is 9.38. The second-order valence-corrected chi connectivity index (χ2v) is 9.38. The van der Waals surface area contributed by atoms with Gasteiger partial charge in [-0.15, -0.1) is 0 Å². The lowest BCUT2D eigenvalue weighted by Gasteiger charge is -2.09. The number of hydrogen-bond acceptors (Lipinski definition) is 9. The summed E-state index contributed by atoms with van der Waals surface area (Å²) in [5.74, 6) is -0.403. The molecule has 39 heavy (non-hydrogen) atoms. The summed E-state index contributed by atoms with van der Waals surface area (Å²) in [5, 5.41) is 0. The maximum atomic E-state index is 11.2. The van der Waals surface area contributed by atoms with Gasteiger partial charge in [-0.3, -0.25) is 0 Å². The van der Waals surface area contributed by atoms with E-state index in [9.17, 15) is 4.79 Å². The minimum atomic E-state index is -0.403. The first-order valence-electron chi connectivity index (χ1n) is 15.0. The number of rotatable bonds is 33. The van der Waals surface area contributed by atoms with Crippen LogP contribution < -0.4 is 0 Å². The highest BCUT2D eigenvalue weighted by atomic mass is 16.6. The molecule has 0 spiro atoms. The van der Waals surface area contributed by atoms with Crippen LogP contribution in [0.3, 0.4) is 0 Å². The fourth-order valence-corrected chi connectivity index (χ4v) is 3.43. The zero-order valence-corrected chi connectivity index (χ0v) is 25.1. The van der Waals surface area contributed by atoms with Gasteiger partial charge in [0.25, 0.3) is 0 Å². The first-order valence-corrected chi connectivity index (χ1v) is 15.0. The molecule has 232 valence electrons. The Morgan fingerprint density at radius 1 is 0.436 bits per heavy atom. The Labute approximate surface area is 238 Å². The summed E-state index contributed by atoms with van der Waals surface area (Å²) < 4.78 is 43.2.